The number of carbonyl (C=O) groups is 3. The van der Waals surface area contributed by atoms with Crippen LogP contribution in [0.5, 0.6) is 0 Å². The molecule has 0 saturated heterocycles. The average Bonchev–Trinajstić information content (AvgIpc) is 2.36. The fraction of sp³-hybridized carbons (Fsp3) is 0.357. The highest BCUT2D eigenvalue weighted by molar-refractivity contribution is 5.94. The third-order valence-electron chi connectivity index (χ3n) is 2.33. The summed E-state index contributed by atoms with van der Waals surface area (Å²) in [6, 6.07) is 6.78. The molecule has 0 atom stereocenters. The topological polar surface area (TPSA) is 84.5 Å². The Labute approximate surface area is 117 Å². The SMILES string of the molecule is CCOC(=O)CCC(=O)Nc1cccc(NC(C)=O)c1. The van der Waals surface area contributed by atoms with Crippen molar-refractivity contribution in [1.82, 2.24) is 0 Å². The Morgan fingerprint density at radius 2 is 1.75 bits per heavy atom. The van der Waals surface area contributed by atoms with Crippen LogP contribution < -0.4 is 10.6 Å². The molecular formula is C14H18N2O4. The van der Waals surface area contributed by atoms with Crippen molar-refractivity contribution in [3.05, 3.63) is 24.3 Å². The van der Waals surface area contributed by atoms with Gasteiger partial charge in [-0.2, -0.15) is 0 Å². The molecule has 0 fully saturated rings. The Morgan fingerprint density at radius 3 is 2.35 bits per heavy atom. The first kappa shape index (κ1) is 15.7. The quantitative estimate of drug-likeness (QED) is 0.779. The van der Waals surface area contributed by atoms with Gasteiger partial charge in [0.2, 0.25) is 11.8 Å². The first-order chi connectivity index (χ1) is 9.51. The van der Waals surface area contributed by atoms with Crippen molar-refractivity contribution in [3.8, 4) is 0 Å². The highest BCUT2D eigenvalue weighted by Gasteiger charge is 2.08. The Balaban J connectivity index is 2.49. The van der Waals surface area contributed by atoms with Gasteiger partial charge in [0.1, 0.15) is 0 Å². The number of esters is 1. The van der Waals surface area contributed by atoms with Crippen molar-refractivity contribution in [2.24, 2.45) is 0 Å². The summed E-state index contributed by atoms with van der Waals surface area (Å²) in [4.78, 5) is 33.7. The van der Waals surface area contributed by atoms with Crippen LogP contribution in [0, 0.1) is 0 Å². The summed E-state index contributed by atoms with van der Waals surface area (Å²) in [6.45, 7) is 3.43. The van der Waals surface area contributed by atoms with Crippen molar-refractivity contribution in [2.75, 3.05) is 17.2 Å². The number of ether oxygens (including phenoxy) is 1. The van der Waals surface area contributed by atoms with Crippen LogP contribution in [0.25, 0.3) is 0 Å². The molecule has 0 saturated carbocycles. The van der Waals surface area contributed by atoms with Gasteiger partial charge in [-0.25, -0.2) is 0 Å². The van der Waals surface area contributed by atoms with Crippen molar-refractivity contribution in [2.45, 2.75) is 26.7 Å². The summed E-state index contributed by atoms with van der Waals surface area (Å²) < 4.78 is 4.74. The van der Waals surface area contributed by atoms with E-state index in [1.807, 2.05) is 0 Å². The molecule has 1 aromatic carbocycles. The average molecular weight is 278 g/mol. The minimum absolute atomic E-state index is 0.0467. The summed E-state index contributed by atoms with van der Waals surface area (Å²) >= 11 is 0. The predicted molar refractivity (Wildman–Crippen MR) is 75.2 cm³/mol. The van der Waals surface area contributed by atoms with Gasteiger partial charge in [-0.1, -0.05) is 6.07 Å². The van der Waals surface area contributed by atoms with Gasteiger partial charge >= 0.3 is 5.97 Å². The van der Waals surface area contributed by atoms with E-state index in [4.69, 9.17) is 4.74 Å². The Bertz CT molecular complexity index is 500. The number of amides is 2. The molecule has 0 aromatic heterocycles. The van der Waals surface area contributed by atoms with Crippen LogP contribution in [0.15, 0.2) is 24.3 Å². The molecule has 0 aliphatic carbocycles. The molecule has 0 aliphatic rings. The summed E-state index contributed by atoms with van der Waals surface area (Å²) in [5.41, 5.74) is 1.16. The molecule has 0 radical (unpaired) electrons. The van der Waals surface area contributed by atoms with E-state index < -0.39 is 5.97 Å². The van der Waals surface area contributed by atoms with E-state index in [2.05, 4.69) is 10.6 Å². The third-order valence-corrected chi connectivity index (χ3v) is 2.33. The minimum Gasteiger partial charge on any atom is -0.466 e. The highest BCUT2D eigenvalue weighted by Crippen LogP contribution is 2.15. The molecule has 1 rings (SSSR count). The van der Waals surface area contributed by atoms with Crippen LogP contribution in [0.1, 0.15) is 26.7 Å². The van der Waals surface area contributed by atoms with Crippen LogP contribution in [0.2, 0.25) is 0 Å². The van der Waals surface area contributed by atoms with E-state index in [0.717, 1.165) is 0 Å². The van der Waals surface area contributed by atoms with Crippen LogP contribution >= 0.6 is 0 Å². The zero-order valence-electron chi connectivity index (χ0n) is 11.6. The second-order valence-electron chi connectivity index (χ2n) is 4.12. The normalized spacial score (nSPS) is 9.70. The van der Waals surface area contributed by atoms with E-state index in [0.29, 0.717) is 18.0 Å². The van der Waals surface area contributed by atoms with E-state index in [-0.39, 0.29) is 24.7 Å². The van der Waals surface area contributed by atoms with Gasteiger partial charge in [-0.15, -0.1) is 0 Å². The van der Waals surface area contributed by atoms with E-state index >= 15 is 0 Å². The number of hydrogen-bond donors (Lipinski definition) is 2. The predicted octanol–water partition coefficient (Wildman–Crippen LogP) is 1.93. The van der Waals surface area contributed by atoms with Crippen LogP contribution in [0.3, 0.4) is 0 Å². The van der Waals surface area contributed by atoms with Gasteiger partial charge < -0.3 is 15.4 Å². The third kappa shape index (κ3) is 5.99. The van der Waals surface area contributed by atoms with Crippen LogP contribution in [-0.2, 0) is 19.1 Å². The summed E-state index contributed by atoms with van der Waals surface area (Å²) in [5, 5.41) is 5.28. The van der Waals surface area contributed by atoms with E-state index in [1.54, 1.807) is 31.2 Å². The van der Waals surface area contributed by atoms with Crippen molar-refractivity contribution >= 4 is 29.2 Å². The maximum atomic E-state index is 11.6. The molecule has 0 aliphatic heterocycles. The maximum Gasteiger partial charge on any atom is 0.306 e. The fourth-order valence-electron chi connectivity index (χ4n) is 1.55. The molecule has 6 heteroatoms. The van der Waals surface area contributed by atoms with Gasteiger partial charge in [0, 0.05) is 24.7 Å². The van der Waals surface area contributed by atoms with E-state index in [1.165, 1.54) is 6.92 Å². The van der Waals surface area contributed by atoms with Gasteiger partial charge in [0.15, 0.2) is 0 Å². The van der Waals surface area contributed by atoms with Gasteiger partial charge in [0.05, 0.1) is 13.0 Å². The van der Waals surface area contributed by atoms with Crippen LogP contribution in [-0.4, -0.2) is 24.4 Å². The first-order valence-corrected chi connectivity index (χ1v) is 6.34. The number of nitrogens with one attached hydrogen (secondary N) is 2. The molecular weight excluding hydrogens is 260 g/mol. The second kappa shape index (κ2) is 7.93. The van der Waals surface area contributed by atoms with Gasteiger partial charge in [0.25, 0.3) is 0 Å². The molecule has 2 N–H and O–H groups in total. The van der Waals surface area contributed by atoms with Crippen molar-refractivity contribution < 1.29 is 19.1 Å². The maximum absolute atomic E-state index is 11.6. The summed E-state index contributed by atoms with van der Waals surface area (Å²) in [5.74, 6) is -0.858. The van der Waals surface area contributed by atoms with E-state index in [9.17, 15) is 14.4 Å². The number of anilines is 2. The molecule has 108 valence electrons. The van der Waals surface area contributed by atoms with Crippen molar-refractivity contribution in [1.29, 1.82) is 0 Å². The Hall–Kier alpha value is -2.37. The minimum atomic E-state index is -0.394. The lowest BCUT2D eigenvalue weighted by atomic mass is 10.2. The van der Waals surface area contributed by atoms with Crippen LogP contribution in [0.4, 0.5) is 11.4 Å². The lowest BCUT2D eigenvalue weighted by molar-refractivity contribution is -0.144. The highest BCUT2D eigenvalue weighted by atomic mass is 16.5. The lowest BCUT2D eigenvalue weighted by Crippen LogP contribution is -2.15. The smallest absolute Gasteiger partial charge is 0.306 e. The molecule has 0 unspecified atom stereocenters. The van der Waals surface area contributed by atoms with Gasteiger partial charge in [-0.05, 0) is 25.1 Å². The summed E-state index contributed by atoms with van der Waals surface area (Å²) in [6.07, 6.45) is 0.105. The standard InChI is InChI=1S/C14H18N2O4/c1-3-20-14(19)8-7-13(18)16-12-6-4-5-11(9-12)15-10(2)17/h4-6,9H,3,7-8H2,1-2H3,(H,15,17)(H,16,18). The lowest BCUT2D eigenvalue weighted by Gasteiger charge is -2.07. The zero-order valence-corrected chi connectivity index (χ0v) is 11.6. The Morgan fingerprint density at radius 1 is 1.10 bits per heavy atom. The number of carbonyl (C=O) groups excluding carboxylic acids is 3. The summed E-state index contributed by atoms with van der Waals surface area (Å²) in [7, 11) is 0. The first-order valence-electron chi connectivity index (χ1n) is 6.34. The molecule has 0 spiro atoms. The molecule has 0 heterocycles. The number of rotatable bonds is 6. The molecule has 1 aromatic rings. The Kier molecular flexibility index (Phi) is 6.22. The van der Waals surface area contributed by atoms with Crippen molar-refractivity contribution in [3.63, 3.8) is 0 Å². The number of hydrogen-bond acceptors (Lipinski definition) is 4. The second-order valence-corrected chi connectivity index (χ2v) is 4.12. The molecule has 0 bridgehead atoms. The zero-order chi connectivity index (χ0) is 15.0. The number of benzene rings is 1. The molecule has 2 amide bonds. The fourth-order valence-corrected chi connectivity index (χ4v) is 1.55. The van der Waals surface area contributed by atoms with Gasteiger partial charge in [-0.3, -0.25) is 14.4 Å². The molecule has 6 nitrogen and oxygen atoms in total. The largest absolute Gasteiger partial charge is 0.466 e. The monoisotopic (exact) mass is 278 g/mol. The molecule has 20 heavy (non-hydrogen) atoms.